The predicted octanol–water partition coefficient (Wildman–Crippen LogP) is 3.73. The van der Waals surface area contributed by atoms with Crippen molar-refractivity contribution in [2.75, 3.05) is 0 Å². The average Bonchev–Trinajstić information content (AvgIpc) is 2.37. The van der Waals surface area contributed by atoms with Gasteiger partial charge in [-0.3, -0.25) is 0 Å². The van der Waals surface area contributed by atoms with Gasteiger partial charge in [0, 0.05) is 4.48 Å². The van der Waals surface area contributed by atoms with Gasteiger partial charge in [0.2, 0.25) is 0 Å². The van der Waals surface area contributed by atoms with E-state index in [1.807, 2.05) is 13.0 Å². The zero-order chi connectivity index (χ0) is 8.27. The van der Waals surface area contributed by atoms with E-state index in [-0.39, 0.29) is 0 Å². The fraction of sp³-hybridized carbons (Fsp3) is 0.200. The molecule has 11 heavy (non-hydrogen) atoms. The fourth-order valence-corrected chi connectivity index (χ4v) is 1.19. The Bertz CT molecular complexity index is 254. The summed E-state index contributed by atoms with van der Waals surface area (Å²) in [6.07, 6.45) is 9.34. The first-order valence-electron chi connectivity index (χ1n) is 3.62. The highest BCUT2D eigenvalue weighted by molar-refractivity contribution is 9.11. The van der Waals surface area contributed by atoms with Crippen LogP contribution in [0.3, 0.4) is 0 Å². The third kappa shape index (κ3) is 2.19. The number of halogens is 1. The zero-order valence-corrected chi connectivity index (χ0v) is 8.19. The van der Waals surface area contributed by atoms with E-state index in [2.05, 4.69) is 40.7 Å². The first-order chi connectivity index (χ1) is 5.24. The maximum Gasteiger partial charge on any atom is 0.0138 e. The molecule has 0 aromatic carbocycles. The van der Waals surface area contributed by atoms with Crippen LogP contribution in [0.25, 0.3) is 0 Å². The van der Waals surface area contributed by atoms with E-state index in [4.69, 9.17) is 0 Å². The summed E-state index contributed by atoms with van der Waals surface area (Å²) in [7, 11) is 0. The number of rotatable bonds is 1. The van der Waals surface area contributed by atoms with Crippen LogP contribution in [0.15, 0.2) is 46.5 Å². The Morgan fingerprint density at radius 2 is 2.45 bits per heavy atom. The Kier molecular flexibility index (Phi) is 2.89. The molecule has 1 aliphatic carbocycles. The van der Waals surface area contributed by atoms with E-state index in [1.165, 1.54) is 11.1 Å². The molecular formula is C10H11Br. The lowest BCUT2D eigenvalue weighted by Crippen LogP contribution is -1.75. The van der Waals surface area contributed by atoms with Gasteiger partial charge in [0.1, 0.15) is 0 Å². The first-order valence-corrected chi connectivity index (χ1v) is 4.41. The Labute approximate surface area is 76.1 Å². The van der Waals surface area contributed by atoms with Crippen molar-refractivity contribution in [2.45, 2.75) is 13.3 Å². The molecule has 0 N–H and O–H groups in total. The molecule has 0 heterocycles. The van der Waals surface area contributed by atoms with Crippen LogP contribution in [0, 0.1) is 0 Å². The van der Waals surface area contributed by atoms with Crippen molar-refractivity contribution in [2.24, 2.45) is 0 Å². The van der Waals surface area contributed by atoms with Gasteiger partial charge >= 0.3 is 0 Å². The number of hydrogen-bond donors (Lipinski definition) is 0. The second kappa shape index (κ2) is 3.72. The van der Waals surface area contributed by atoms with Crippen LogP contribution >= 0.6 is 15.9 Å². The van der Waals surface area contributed by atoms with Crippen LogP contribution < -0.4 is 0 Å². The number of allylic oxidation sites excluding steroid dienone is 7. The van der Waals surface area contributed by atoms with Crippen molar-refractivity contribution in [3.05, 3.63) is 46.5 Å². The third-order valence-corrected chi connectivity index (χ3v) is 2.33. The van der Waals surface area contributed by atoms with E-state index in [9.17, 15) is 0 Å². The molecule has 0 saturated carbocycles. The van der Waals surface area contributed by atoms with Crippen LogP contribution in [0.1, 0.15) is 13.3 Å². The SMILES string of the molecule is C=C1CC=CC1=CC(Br)=CC. The monoisotopic (exact) mass is 210 g/mol. The minimum Gasteiger partial charge on any atom is -0.0949 e. The summed E-state index contributed by atoms with van der Waals surface area (Å²) in [5, 5.41) is 0. The van der Waals surface area contributed by atoms with E-state index in [0.717, 1.165) is 10.9 Å². The molecule has 58 valence electrons. The topological polar surface area (TPSA) is 0 Å². The van der Waals surface area contributed by atoms with E-state index < -0.39 is 0 Å². The smallest absolute Gasteiger partial charge is 0.0138 e. The summed E-state index contributed by atoms with van der Waals surface area (Å²) in [5.41, 5.74) is 2.43. The summed E-state index contributed by atoms with van der Waals surface area (Å²) in [6.45, 7) is 5.95. The molecule has 1 heteroatoms. The van der Waals surface area contributed by atoms with Crippen LogP contribution in [0.4, 0.5) is 0 Å². The van der Waals surface area contributed by atoms with Crippen molar-refractivity contribution in [3.63, 3.8) is 0 Å². The van der Waals surface area contributed by atoms with Crippen LogP contribution in [0.2, 0.25) is 0 Å². The highest BCUT2D eigenvalue weighted by Gasteiger charge is 2.03. The van der Waals surface area contributed by atoms with Crippen molar-refractivity contribution in [1.82, 2.24) is 0 Å². The van der Waals surface area contributed by atoms with Crippen LogP contribution in [0.5, 0.6) is 0 Å². The summed E-state index contributed by atoms with van der Waals surface area (Å²) in [4.78, 5) is 0. The largest absolute Gasteiger partial charge is 0.0949 e. The summed E-state index contributed by atoms with van der Waals surface area (Å²) < 4.78 is 1.11. The van der Waals surface area contributed by atoms with Crippen molar-refractivity contribution < 1.29 is 0 Å². The van der Waals surface area contributed by atoms with Gasteiger partial charge in [-0.25, -0.2) is 0 Å². The maximum atomic E-state index is 3.94. The van der Waals surface area contributed by atoms with Crippen LogP contribution in [-0.2, 0) is 0 Å². The molecule has 0 fully saturated rings. The molecule has 0 aromatic heterocycles. The summed E-state index contributed by atoms with van der Waals surface area (Å²) in [5.74, 6) is 0. The molecule has 0 aromatic rings. The van der Waals surface area contributed by atoms with E-state index in [1.54, 1.807) is 0 Å². The zero-order valence-electron chi connectivity index (χ0n) is 6.60. The molecule has 0 amide bonds. The standard InChI is InChI=1S/C10H11Br/c1-3-10(11)7-9-6-4-5-8(9)2/h3-4,6-7H,2,5H2,1H3. The fourth-order valence-electron chi connectivity index (χ4n) is 0.946. The Morgan fingerprint density at radius 1 is 1.73 bits per heavy atom. The molecular weight excluding hydrogens is 200 g/mol. The molecule has 0 saturated heterocycles. The first kappa shape index (κ1) is 8.54. The van der Waals surface area contributed by atoms with Gasteiger partial charge in [0.05, 0.1) is 0 Å². The lowest BCUT2D eigenvalue weighted by atomic mass is 10.1. The van der Waals surface area contributed by atoms with Gasteiger partial charge in [0.15, 0.2) is 0 Å². The quantitative estimate of drug-likeness (QED) is 0.619. The Hall–Kier alpha value is -0.560. The lowest BCUT2D eigenvalue weighted by molar-refractivity contribution is 1.33. The van der Waals surface area contributed by atoms with Gasteiger partial charge < -0.3 is 0 Å². The summed E-state index contributed by atoms with van der Waals surface area (Å²) in [6, 6.07) is 0. The molecule has 0 nitrogen and oxygen atoms in total. The van der Waals surface area contributed by atoms with Gasteiger partial charge in [-0.2, -0.15) is 0 Å². The molecule has 0 aliphatic heterocycles. The highest BCUT2D eigenvalue weighted by Crippen LogP contribution is 2.24. The van der Waals surface area contributed by atoms with E-state index in [0.29, 0.717) is 0 Å². The normalized spacial score (nSPS) is 21.8. The Morgan fingerprint density at radius 3 is 2.91 bits per heavy atom. The molecule has 1 aliphatic rings. The average molecular weight is 211 g/mol. The third-order valence-electron chi connectivity index (χ3n) is 1.64. The lowest BCUT2D eigenvalue weighted by Gasteiger charge is -1.95. The maximum absolute atomic E-state index is 3.94. The predicted molar refractivity (Wildman–Crippen MR) is 53.7 cm³/mol. The minimum atomic E-state index is 0.996. The molecule has 0 bridgehead atoms. The van der Waals surface area contributed by atoms with Crippen molar-refractivity contribution >= 4 is 15.9 Å². The van der Waals surface area contributed by atoms with E-state index >= 15 is 0 Å². The van der Waals surface area contributed by atoms with Gasteiger partial charge in [-0.15, -0.1) is 0 Å². The highest BCUT2D eigenvalue weighted by atomic mass is 79.9. The molecule has 0 unspecified atom stereocenters. The van der Waals surface area contributed by atoms with Gasteiger partial charge in [-0.05, 0) is 30.6 Å². The van der Waals surface area contributed by atoms with Crippen LogP contribution in [-0.4, -0.2) is 0 Å². The summed E-state index contributed by atoms with van der Waals surface area (Å²) >= 11 is 3.42. The molecule has 0 radical (unpaired) electrons. The number of hydrogen-bond acceptors (Lipinski definition) is 0. The van der Waals surface area contributed by atoms with Gasteiger partial charge in [0.25, 0.3) is 0 Å². The second-order valence-electron chi connectivity index (χ2n) is 2.48. The second-order valence-corrected chi connectivity index (χ2v) is 3.40. The molecule has 0 atom stereocenters. The van der Waals surface area contributed by atoms with Gasteiger partial charge in [-0.1, -0.05) is 40.7 Å². The molecule has 1 rings (SSSR count). The minimum absolute atomic E-state index is 0.996. The van der Waals surface area contributed by atoms with Crippen molar-refractivity contribution in [3.8, 4) is 0 Å². The van der Waals surface area contributed by atoms with Crippen molar-refractivity contribution in [1.29, 1.82) is 0 Å². The Balaban J connectivity index is 2.82. The molecule has 0 spiro atoms.